The maximum absolute atomic E-state index is 12.3. The molecule has 4 heteroatoms. The largest absolute Gasteiger partial charge is 0.372 e. The first-order chi connectivity index (χ1) is 10.6. The van der Waals surface area contributed by atoms with Gasteiger partial charge in [0.05, 0.1) is 13.2 Å². The summed E-state index contributed by atoms with van der Waals surface area (Å²) in [5.41, 5.74) is 2.24. The number of allylic oxidation sites excluding steroid dienone is 1. The normalized spacial score (nSPS) is 13.8. The Morgan fingerprint density at radius 1 is 0.864 bits per heavy atom. The fourth-order valence-electron chi connectivity index (χ4n) is 2.34. The molecule has 2 aromatic carbocycles. The highest BCUT2D eigenvalue weighted by Gasteiger charge is 2.24. The molecule has 22 heavy (non-hydrogen) atoms. The average Bonchev–Trinajstić information content (AvgIpc) is 2.54. The van der Waals surface area contributed by atoms with Gasteiger partial charge in [0.1, 0.15) is 0 Å². The summed E-state index contributed by atoms with van der Waals surface area (Å²) in [4.78, 5) is 24.3. The number of hydrogen-bond acceptors (Lipinski definition) is 3. The molecule has 0 bridgehead atoms. The summed E-state index contributed by atoms with van der Waals surface area (Å²) in [5.74, 6) is -0.299. The Labute approximate surface area is 133 Å². The van der Waals surface area contributed by atoms with E-state index in [0.29, 0.717) is 28.3 Å². The van der Waals surface area contributed by atoms with Crippen LogP contribution < -0.4 is 0 Å². The number of fused-ring (bicyclic) bond motifs is 1. The van der Waals surface area contributed by atoms with E-state index in [0.717, 1.165) is 5.56 Å². The van der Waals surface area contributed by atoms with Gasteiger partial charge >= 0.3 is 0 Å². The highest BCUT2D eigenvalue weighted by atomic mass is 35.5. The standard InChI is InChI=1S/C18H13ClO3/c19-14-7-5-12(6-8-14)10-22-11-13-9-17(20)15-3-1-2-4-16(15)18(13)21/h1-9H,10-11H2. The number of carbonyl (C=O) groups excluding carboxylic acids is 2. The highest BCUT2D eigenvalue weighted by Crippen LogP contribution is 2.21. The van der Waals surface area contributed by atoms with E-state index < -0.39 is 0 Å². The molecule has 0 amide bonds. The molecule has 0 saturated heterocycles. The quantitative estimate of drug-likeness (QED) is 0.861. The molecule has 0 radical (unpaired) electrons. The monoisotopic (exact) mass is 312 g/mol. The van der Waals surface area contributed by atoms with Gasteiger partial charge in [-0.25, -0.2) is 0 Å². The van der Waals surface area contributed by atoms with E-state index >= 15 is 0 Å². The maximum Gasteiger partial charge on any atom is 0.192 e. The van der Waals surface area contributed by atoms with Crippen LogP contribution in [-0.2, 0) is 11.3 Å². The van der Waals surface area contributed by atoms with Crippen molar-refractivity contribution in [2.24, 2.45) is 0 Å². The van der Waals surface area contributed by atoms with Crippen molar-refractivity contribution in [3.8, 4) is 0 Å². The number of carbonyl (C=O) groups is 2. The van der Waals surface area contributed by atoms with E-state index in [9.17, 15) is 9.59 Å². The zero-order valence-corrected chi connectivity index (χ0v) is 12.5. The minimum absolute atomic E-state index is 0.113. The van der Waals surface area contributed by atoms with E-state index in [1.807, 2.05) is 12.1 Å². The fraction of sp³-hybridized carbons (Fsp3) is 0.111. The summed E-state index contributed by atoms with van der Waals surface area (Å²) < 4.78 is 5.55. The Hall–Kier alpha value is -2.23. The van der Waals surface area contributed by atoms with Crippen molar-refractivity contribution in [3.63, 3.8) is 0 Å². The van der Waals surface area contributed by atoms with Gasteiger partial charge in [0.15, 0.2) is 11.6 Å². The predicted octanol–water partition coefficient (Wildman–Crippen LogP) is 3.86. The van der Waals surface area contributed by atoms with Gasteiger partial charge in [-0.15, -0.1) is 0 Å². The highest BCUT2D eigenvalue weighted by molar-refractivity contribution is 6.30. The fourth-order valence-corrected chi connectivity index (χ4v) is 2.46. The van der Waals surface area contributed by atoms with Gasteiger partial charge < -0.3 is 4.74 Å². The van der Waals surface area contributed by atoms with Gasteiger partial charge in [-0.3, -0.25) is 9.59 Å². The lowest BCUT2D eigenvalue weighted by molar-refractivity contribution is 0.0933. The van der Waals surface area contributed by atoms with E-state index in [1.165, 1.54) is 6.08 Å². The van der Waals surface area contributed by atoms with Gasteiger partial charge in [0.25, 0.3) is 0 Å². The van der Waals surface area contributed by atoms with Crippen molar-refractivity contribution in [2.45, 2.75) is 6.61 Å². The summed E-state index contributed by atoms with van der Waals surface area (Å²) in [6.07, 6.45) is 1.37. The SMILES string of the molecule is O=C1C=C(COCc2ccc(Cl)cc2)C(=O)c2ccccc21. The van der Waals surface area contributed by atoms with Crippen LogP contribution in [0, 0.1) is 0 Å². The van der Waals surface area contributed by atoms with Gasteiger partial charge in [-0.2, -0.15) is 0 Å². The second-order valence-corrected chi connectivity index (χ2v) is 5.46. The molecule has 1 aliphatic rings. The summed E-state index contributed by atoms with van der Waals surface area (Å²) in [7, 11) is 0. The molecule has 0 saturated carbocycles. The van der Waals surface area contributed by atoms with Gasteiger partial charge in [-0.1, -0.05) is 48.0 Å². The van der Waals surface area contributed by atoms with Crippen molar-refractivity contribution in [1.29, 1.82) is 0 Å². The molecule has 0 heterocycles. The first kappa shape index (κ1) is 14.7. The molecule has 3 nitrogen and oxygen atoms in total. The molecule has 1 aliphatic carbocycles. The Balaban J connectivity index is 1.67. The van der Waals surface area contributed by atoms with Crippen LogP contribution in [0.2, 0.25) is 5.02 Å². The molecular weight excluding hydrogens is 300 g/mol. The van der Waals surface area contributed by atoms with Crippen molar-refractivity contribution in [1.82, 2.24) is 0 Å². The third-order valence-corrected chi connectivity index (χ3v) is 3.73. The molecule has 0 aromatic heterocycles. The second kappa shape index (κ2) is 6.26. The van der Waals surface area contributed by atoms with Crippen LogP contribution in [0.15, 0.2) is 60.2 Å². The number of benzene rings is 2. The number of ether oxygens (including phenoxy) is 1. The van der Waals surface area contributed by atoms with Gasteiger partial charge in [0, 0.05) is 21.7 Å². The molecule has 0 N–H and O–H groups in total. The summed E-state index contributed by atoms with van der Waals surface area (Å²) in [6.45, 7) is 0.471. The Kier molecular flexibility index (Phi) is 4.18. The van der Waals surface area contributed by atoms with Crippen LogP contribution in [0.25, 0.3) is 0 Å². The zero-order valence-electron chi connectivity index (χ0n) is 11.7. The third-order valence-electron chi connectivity index (χ3n) is 3.47. The molecule has 0 fully saturated rings. The van der Waals surface area contributed by atoms with E-state index in [-0.39, 0.29) is 18.2 Å². The van der Waals surface area contributed by atoms with Crippen LogP contribution in [0.5, 0.6) is 0 Å². The van der Waals surface area contributed by atoms with Crippen LogP contribution in [0.4, 0.5) is 0 Å². The summed E-state index contributed by atoms with van der Waals surface area (Å²) in [6, 6.07) is 14.1. The molecule has 0 unspecified atom stereocenters. The average molecular weight is 313 g/mol. The maximum atomic E-state index is 12.3. The molecule has 0 atom stereocenters. The smallest absolute Gasteiger partial charge is 0.192 e. The van der Waals surface area contributed by atoms with Crippen molar-refractivity contribution < 1.29 is 14.3 Å². The van der Waals surface area contributed by atoms with E-state index in [2.05, 4.69) is 0 Å². The first-order valence-corrected chi connectivity index (χ1v) is 7.24. The van der Waals surface area contributed by atoms with Gasteiger partial charge in [-0.05, 0) is 23.8 Å². The molecule has 3 rings (SSSR count). The molecular formula is C18H13ClO3. The van der Waals surface area contributed by atoms with E-state index in [1.54, 1.807) is 36.4 Å². The minimum Gasteiger partial charge on any atom is -0.372 e. The number of ketones is 2. The number of Topliss-reactive ketones (excluding diaryl/α,β-unsaturated/α-hetero) is 1. The minimum atomic E-state index is -0.153. The van der Waals surface area contributed by atoms with Crippen LogP contribution in [-0.4, -0.2) is 18.2 Å². The summed E-state index contributed by atoms with van der Waals surface area (Å²) in [5, 5.41) is 0.663. The van der Waals surface area contributed by atoms with Crippen LogP contribution in [0.3, 0.4) is 0 Å². The van der Waals surface area contributed by atoms with Crippen LogP contribution >= 0.6 is 11.6 Å². The zero-order chi connectivity index (χ0) is 15.5. The van der Waals surface area contributed by atoms with Crippen molar-refractivity contribution in [2.75, 3.05) is 6.61 Å². The van der Waals surface area contributed by atoms with Crippen molar-refractivity contribution >= 4 is 23.2 Å². The summed E-state index contributed by atoms with van der Waals surface area (Å²) >= 11 is 5.82. The molecule has 2 aromatic rings. The third kappa shape index (κ3) is 3.01. The Morgan fingerprint density at radius 3 is 2.27 bits per heavy atom. The first-order valence-electron chi connectivity index (χ1n) is 6.86. The van der Waals surface area contributed by atoms with E-state index in [4.69, 9.17) is 16.3 Å². The van der Waals surface area contributed by atoms with Crippen molar-refractivity contribution in [3.05, 3.63) is 81.9 Å². The Morgan fingerprint density at radius 2 is 1.55 bits per heavy atom. The van der Waals surface area contributed by atoms with Crippen LogP contribution in [0.1, 0.15) is 26.3 Å². The number of hydrogen-bond donors (Lipinski definition) is 0. The lowest BCUT2D eigenvalue weighted by Crippen LogP contribution is -2.19. The topological polar surface area (TPSA) is 43.4 Å². The lowest BCUT2D eigenvalue weighted by Gasteiger charge is -2.15. The molecule has 110 valence electrons. The lowest BCUT2D eigenvalue weighted by atomic mass is 9.90. The Bertz CT molecular complexity index is 760. The molecule has 0 aliphatic heterocycles. The van der Waals surface area contributed by atoms with Gasteiger partial charge in [0.2, 0.25) is 0 Å². The second-order valence-electron chi connectivity index (χ2n) is 5.03. The number of halogens is 1. The predicted molar refractivity (Wildman–Crippen MR) is 84.3 cm³/mol. The molecule has 0 spiro atoms. The number of rotatable bonds is 4.